The van der Waals surface area contributed by atoms with Crippen LogP contribution in [-0.4, -0.2) is 69.1 Å². The predicted octanol–water partition coefficient (Wildman–Crippen LogP) is 0.709. The molecule has 0 atom stereocenters. The van der Waals surface area contributed by atoms with Crippen molar-refractivity contribution in [2.75, 3.05) is 36.8 Å². The zero-order valence-electron chi connectivity index (χ0n) is 16.4. The summed E-state index contributed by atoms with van der Waals surface area (Å²) < 4.78 is 0. The van der Waals surface area contributed by atoms with Crippen LogP contribution in [0.1, 0.15) is 38.5 Å². The minimum atomic E-state index is -0.521. The number of aliphatic hydroxyl groups is 1. The van der Waals surface area contributed by atoms with E-state index in [1.54, 1.807) is 4.90 Å². The summed E-state index contributed by atoms with van der Waals surface area (Å²) in [7, 11) is 0. The van der Waals surface area contributed by atoms with Gasteiger partial charge in [-0.25, -0.2) is 4.98 Å². The molecule has 1 aromatic heterocycles. The van der Waals surface area contributed by atoms with Gasteiger partial charge in [-0.05, 0) is 44.4 Å². The van der Waals surface area contributed by atoms with E-state index in [2.05, 4.69) is 20.6 Å². The van der Waals surface area contributed by atoms with Crippen molar-refractivity contribution < 1.29 is 14.8 Å². The number of carbonyl (C=O) groups excluding carboxylic acids is 1. The van der Waals surface area contributed by atoms with E-state index in [0.29, 0.717) is 38.4 Å². The monoisotopic (exact) mass is 407 g/mol. The van der Waals surface area contributed by atoms with E-state index in [4.69, 9.17) is 5.73 Å². The van der Waals surface area contributed by atoms with Crippen LogP contribution >= 0.6 is 0 Å². The molecule has 160 valence electrons. The van der Waals surface area contributed by atoms with Crippen LogP contribution in [0.4, 0.5) is 17.5 Å². The lowest BCUT2D eigenvalue weighted by Crippen LogP contribution is -2.42. The zero-order chi connectivity index (χ0) is 20.8. The number of nitrogens with one attached hydrogen (secondary N) is 2. The number of nitrogens with two attached hydrogens (primary N) is 1. The van der Waals surface area contributed by atoms with Crippen molar-refractivity contribution in [3.63, 3.8) is 0 Å². The Bertz CT molecular complexity index is 716. The lowest BCUT2D eigenvalue weighted by molar-refractivity contribution is -0.384. The third-order valence-electron chi connectivity index (χ3n) is 5.63. The molecule has 5 N–H and O–H groups in total. The Morgan fingerprint density at radius 2 is 1.93 bits per heavy atom. The van der Waals surface area contributed by atoms with Gasteiger partial charge < -0.3 is 26.4 Å². The Balaban J connectivity index is 1.57. The van der Waals surface area contributed by atoms with Gasteiger partial charge in [0, 0.05) is 25.7 Å². The van der Waals surface area contributed by atoms with Gasteiger partial charge >= 0.3 is 5.69 Å². The summed E-state index contributed by atoms with van der Waals surface area (Å²) in [6.45, 7) is 1.61. The standard InChI is InChI=1S/C18H29N7O4/c19-13-3-1-12(2-4-13)9-20-17-15(25(28)29)10-21-18(23-17)22-11-16(27)24-7-5-14(26)6-8-24/h10,12-14,26H,1-9,11,19H2,(H2,20,21,22,23). The Morgan fingerprint density at radius 3 is 2.59 bits per heavy atom. The van der Waals surface area contributed by atoms with Gasteiger partial charge in [0.1, 0.15) is 6.20 Å². The lowest BCUT2D eigenvalue weighted by Gasteiger charge is -2.29. The molecule has 1 aliphatic heterocycles. The number of piperidine rings is 1. The molecule has 1 amide bonds. The average Bonchev–Trinajstić information content (AvgIpc) is 2.72. The van der Waals surface area contributed by atoms with Gasteiger partial charge in [0.25, 0.3) is 0 Å². The molecule has 0 radical (unpaired) electrons. The second-order valence-electron chi connectivity index (χ2n) is 7.81. The number of rotatable bonds is 7. The molecule has 2 aliphatic rings. The summed E-state index contributed by atoms with van der Waals surface area (Å²) >= 11 is 0. The van der Waals surface area contributed by atoms with E-state index in [-0.39, 0.29) is 42.1 Å². The maximum absolute atomic E-state index is 12.3. The van der Waals surface area contributed by atoms with E-state index >= 15 is 0 Å². The fraction of sp³-hybridized carbons (Fsp3) is 0.722. The maximum atomic E-state index is 12.3. The van der Waals surface area contributed by atoms with Gasteiger partial charge in [0.2, 0.25) is 17.7 Å². The van der Waals surface area contributed by atoms with Crippen molar-refractivity contribution in [1.29, 1.82) is 0 Å². The summed E-state index contributed by atoms with van der Waals surface area (Å²) in [5.74, 6) is 0.591. The smallest absolute Gasteiger partial charge is 0.329 e. The first kappa shape index (κ1) is 21.2. The lowest BCUT2D eigenvalue weighted by atomic mass is 9.86. The SMILES string of the molecule is NC1CCC(CNc2nc(NCC(=O)N3CCC(O)CC3)ncc2[N+](=O)[O-])CC1. The Hall–Kier alpha value is -2.53. The summed E-state index contributed by atoms with van der Waals surface area (Å²) in [6.07, 6.45) is 5.82. The highest BCUT2D eigenvalue weighted by atomic mass is 16.6. The van der Waals surface area contributed by atoms with Gasteiger partial charge in [-0.2, -0.15) is 4.98 Å². The first-order valence-electron chi connectivity index (χ1n) is 10.1. The summed E-state index contributed by atoms with van der Waals surface area (Å²) in [5, 5.41) is 26.8. The van der Waals surface area contributed by atoms with Crippen LogP contribution in [0, 0.1) is 16.0 Å². The van der Waals surface area contributed by atoms with Gasteiger partial charge in [0.15, 0.2) is 0 Å². The van der Waals surface area contributed by atoms with Gasteiger partial charge in [-0.3, -0.25) is 14.9 Å². The Labute approximate surface area is 169 Å². The molecule has 2 heterocycles. The largest absolute Gasteiger partial charge is 0.393 e. The van der Waals surface area contributed by atoms with Crippen molar-refractivity contribution in [2.45, 2.75) is 50.7 Å². The van der Waals surface area contributed by atoms with Crippen molar-refractivity contribution in [2.24, 2.45) is 11.7 Å². The molecule has 2 fully saturated rings. The first-order chi connectivity index (χ1) is 13.9. The van der Waals surface area contributed by atoms with E-state index < -0.39 is 4.92 Å². The zero-order valence-corrected chi connectivity index (χ0v) is 16.4. The molecule has 0 aromatic carbocycles. The third-order valence-corrected chi connectivity index (χ3v) is 5.63. The van der Waals surface area contributed by atoms with Crippen molar-refractivity contribution in [3.8, 4) is 0 Å². The number of aromatic nitrogens is 2. The highest BCUT2D eigenvalue weighted by Gasteiger charge is 2.23. The van der Waals surface area contributed by atoms with Gasteiger partial charge in [0.05, 0.1) is 17.6 Å². The normalized spacial score (nSPS) is 22.9. The van der Waals surface area contributed by atoms with Crippen LogP contribution in [0.15, 0.2) is 6.20 Å². The van der Waals surface area contributed by atoms with Gasteiger partial charge in [-0.15, -0.1) is 0 Å². The summed E-state index contributed by atoms with van der Waals surface area (Å²) in [6, 6.07) is 0.246. The van der Waals surface area contributed by atoms with Crippen LogP contribution in [0.3, 0.4) is 0 Å². The maximum Gasteiger partial charge on any atom is 0.329 e. The Kier molecular flexibility index (Phi) is 7.15. The molecule has 1 aliphatic carbocycles. The highest BCUT2D eigenvalue weighted by molar-refractivity contribution is 5.80. The average molecular weight is 407 g/mol. The third kappa shape index (κ3) is 5.97. The van der Waals surface area contributed by atoms with Crippen LogP contribution in [0.25, 0.3) is 0 Å². The van der Waals surface area contributed by atoms with Crippen LogP contribution in [-0.2, 0) is 4.79 Å². The topological polar surface area (TPSA) is 160 Å². The second kappa shape index (κ2) is 9.79. The number of hydrogen-bond acceptors (Lipinski definition) is 9. The van der Waals surface area contributed by atoms with E-state index in [0.717, 1.165) is 31.9 Å². The Morgan fingerprint density at radius 1 is 1.24 bits per heavy atom. The predicted molar refractivity (Wildman–Crippen MR) is 107 cm³/mol. The number of aliphatic hydroxyl groups excluding tert-OH is 1. The van der Waals surface area contributed by atoms with Crippen molar-refractivity contribution in [3.05, 3.63) is 16.3 Å². The molecule has 0 spiro atoms. The number of nitro groups is 1. The highest BCUT2D eigenvalue weighted by Crippen LogP contribution is 2.26. The molecular formula is C18H29N7O4. The molecule has 0 bridgehead atoms. The summed E-state index contributed by atoms with van der Waals surface area (Å²) in [5.41, 5.74) is 5.73. The minimum Gasteiger partial charge on any atom is -0.393 e. The van der Waals surface area contributed by atoms with Crippen LogP contribution < -0.4 is 16.4 Å². The quantitative estimate of drug-likeness (QED) is 0.377. The molecule has 29 heavy (non-hydrogen) atoms. The molecule has 1 saturated carbocycles. The number of carbonyl (C=O) groups is 1. The van der Waals surface area contributed by atoms with E-state index in [1.807, 2.05) is 0 Å². The molecule has 0 unspecified atom stereocenters. The number of anilines is 2. The van der Waals surface area contributed by atoms with Gasteiger partial charge in [-0.1, -0.05) is 0 Å². The van der Waals surface area contributed by atoms with E-state index in [1.165, 1.54) is 0 Å². The molecule has 11 heteroatoms. The van der Waals surface area contributed by atoms with Crippen molar-refractivity contribution in [1.82, 2.24) is 14.9 Å². The fourth-order valence-electron chi connectivity index (χ4n) is 3.74. The second-order valence-corrected chi connectivity index (χ2v) is 7.81. The number of likely N-dealkylation sites (tertiary alicyclic amines) is 1. The fourth-order valence-corrected chi connectivity index (χ4v) is 3.74. The van der Waals surface area contributed by atoms with E-state index in [9.17, 15) is 20.0 Å². The summed E-state index contributed by atoms with van der Waals surface area (Å²) in [4.78, 5) is 32.9. The van der Waals surface area contributed by atoms with Crippen molar-refractivity contribution >= 4 is 23.4 Å². The number of amides is 1. The van der Waals surface area contributed by atoms with Crippen LogP contribution in [0.5, 0.6) is 0 Å². The number of hydrogen-bond donors (Lipinski definition) is 4. The molecular weight excluding hydrogens is 378 g/mol. The number of nitrogens with zero attached hydrogens (tertiary/aromatic N) is 4. The minimum absolute atomic E-state index is 0.00609. The molecule has 11 nitrogen and oxygen atoms in total. The molecule has 3 rings (SSSR count). The first-order valence-corrected chi connectivity index (χ1v) is 10.1. The van der Waals surface area contributed by atoms with Crippen LogP contribution in [0.2, 0.25) is 0 Å². The molecule has 1 aromatic rings. The molecule has 1 saturated heterocycles.